The topological polar surface area (TPSA) is 95.5 Å². The number of amides is 2. The lowest BCUT2D eigenvalue weighted by molar-refractivity contribution is -0.141. The van der Waals surface area contributed by atoms with Gasteiger partial charge in [0.05, 0.1) is 6.54 Å². The van der Waals surface area contributed by atoms with Crippen LogP contribution in [0.3, 0.4) is 0 Å². The molecule has 2 amide bonds. The maximum atomic E-state index is 10.7. The van der Waals surface area contributed by atoms with Crippen molar-refractivity contribution in [2.24, 2.45) is 0 Å². The number of rotatable bonds is 5. The maximum Gasteiger partial charge on any atom is 0.325 e. The van der Waals surface area contributed by atoms with Gasteiger partial charge in [0.25, 0.3) is 0 Å². The summed E-state index contributed by atoms with van der Waals surface area (Å²) in [6.07, 6.45) is 0.366. The average molecular weight is 174 g/mol. The van der Waals surface area contributed by atoms with E-state index >= 15 is 0 Å². The molecule has 6 nitrogen and oxygen atoms in total. The minimum Gasteiger partial charge on any atom is -0.480 e. The van der Waals surface area contributed by atoms with Crippen LogP contribution in [0.5, 0.6) is 0 Å². The summed E-state index contributed by atoms with van der Waals surface area (Å²) in [4.78, 5) is 30.6. The first-order chi connectivity index (χ1) is 5.57. The Hall–Kier alpha value is -1.59. The fourth-order valence-corrected chi connectivity index (χ4v) is 0.489. The summed E-state index contributed by atoms with van der Waals surface area (Å²) in [7, 11) is 0. The van der Waals surface area contributed by atoms with Crippen LogP contribution in [0.1, 0.15) is 6.92 Å². The van der Waals surface area contributed by atoms with E-state index in [2.05, 4.69) is 10.6 Å². The summed E-state index contributed by atoms with van der Waals surface area (Å²) in [5, 5.41) is 12.6. The molecule has 0 aromatic carbocycles. The Morgan fingerprint density at radius 2 is 2.17 bits per heavy atom. The van der Waals surface area contributed by atoms with Gasteiger partial charge in [0.15, 0.2) is 0 Å². The van der Waals surface area contributed by atoms with E-state index in [1.54, 1.807) is 0 Å². The predicted molar refractivity (Wildman–Crippen MR) is 39.3 cm³/mol. The third-order valence-electron chi connectivity index (χ3n) is 1.09. The van der Waals surface area contributed by atoms with Crippen LogP contribution >= 0.6 is 0 Å². The van der Waals surface area contributed by atoms with Gasteiger partial charge in [-0.3, -0.25) is 14.4 Å². The first kappa shape index (κ1) is 10.4. The van der Waals surface area contributed by atoms with E-state index in [9.17, 15) is 14.4 Å². The van der Waals surface area contributed by atoms with Gasteiger partial charge in [-0.15, -0.1) is 0 Å². The van der Waals surface area contributed by atoms with Crippen molar-refractivity contribution in [2.45, 2.75) is 13.0 Å². The molecular weight excluding hydrogens is 164 g/mol. The van der Waals surface area contributed by atoms with Crippen LogP contribution in [-0.4, -0.2) is 36.0 Å². The van der Waals surface area contributed by atoms with Gasteiger partial charge in [0.1, 0.15) is 6.04 Å². The van der Waals surface area contributed by atoms with Crippen molar-refractivity contribution in [2.75, 3.05) is 6.54 Å². The quantitative estimate of drug-likeness (QED) is 0.434. The standard InChI is InChI=1S/C6H10N2O4/c1-4(6(11)12)8-5(10)2-7-3-9/h3-4H,2H2,1H3,(H,7,9)(H,8,10)(H,11,12). The molecule has 0 aromatic heterocycles. The van der Waals surface area contributed by atoms with Gasteiger partial charge < -0.3 is 15.7 Å². The highest BCUT2D eigenvalue weighted by atomic mass is 16.4. The summed E-state index contributed by atoms with van der Waals surface area (Å²) in [6, 6.07) is -0.939. The number of carbonyl (C=O) groups is 3. The second-order valence-electron chi connectivity index (χ2n) is 2.13. The molecule has 0 bridgehead atoms. The van der Waals surface area contributed by atoms with Crippen LogP contribution in [0.15, 0.2) is 0 Å². The first-order valence-corrected chi connectivity index (χ1v) is 3.27. The summed E-state index contributed by atoms with van der Waals surface area (Å²) in [5.41, 5.74) is 0. The monoisotopic (exact) mass is 174 g/mol. The summed E-state index contributed by atoms with van der Waals surface area (Å²) < 4.78 is 0. The Morgan fingerprint density at radius 1 is 1.58 bits per heavy atom. The third kappa shape index (κ3) is 4.26. The normalized spacial score (nSPS) is 11.4. The smallest absolute Gasteiger partial charge is 0.325 e. The Bertz CT molecular complexity index is 192. The number of aliphatic carboxylic acids is 1. The van der Waals surface area contributed by atoms with Crippen molar-refractivity contribution >= 4 is 18.3 Å². The van der Waals surface area contributed by atoms with Crippen LogP contribution in [0.25, 0.3) is 0 Å². The summed E-state index contributed by atoms with van der Waals surface area (Å²) >= 11 is 0. The minimum atomic E-state index is -1.12. The Balaban J connectivity index is 3.68. The van der Waals surface area contributed by atoms with Gasteiger partial charge >= 0.3 is 5.97 Å². The molecule has 0 fully saturated rings. The second-order valence-corrected chi connectivity index (χ2v) is 2.13. The lowest BCUT2D eigenvalue weighted by Crippen LogP contribution is -2.42. The van der Waals surface area contributed by atoms with Gasteiger partial charge in [-0.1, -0.05) is 0 Å². The minimum absolute atomic E-state index is 0.207. The van der Waals surface area contributed by atoms with E-state index in [-0.39, 0.29) is 6.54 Å². The number of nitrogens with one attached hydrogen (secondary N) is 2. The molecule has 6 heteroatoms. The van der Waals surface area contributed by atoms with Crippen molar-refractivity contribution in [3.8, 4) is 0 Å². The van der Waals surface area contributed by atoms with E-state index in [0.717, 1.165) is 0 Å². The molecule has 68 valence electrons. The molecule has 0 aliphatic heterocycles. The number of carboxylic acids is 1. The fourth-order valence-electron chi connectivity index (χ4n) is 0.489. The lowest BCUT2D eigenvalue weighted by Gasteiger charge is -2.07. The van der Waals surface area contributed by atoms with Crippen molar-refractivity contribution in [1.29, 1.82) is 0 Å². The SMILES string of the molecule is CC(NC(=O)CNC=O)C(=O)O. The van der Waals surface area contributed by atoms with Crippen molar-refractivity contribution in [3.63, 3.8) is 0 Å². The molecule has 0 spiro atoms. The zero-order valence-corrected chi connectivity index (χ0v) is 6.53. The first-order valence-electron chi connectivity index (χ1n) is 3.27. The molecule has 0 saturated carbocycles. The van der Waals surface area contributed by atoms with E-state index in [4.69, 9.17) is 5.11 Å². The van der Waals surface area contributed by atoms with Gasteiger partial charge in [-0.2, -0.15) is 0 Å². The molecule has 0 radical (unpaired) electrons. The number of carbonyl (C=O) groups excluding carboxylic acids is 2. The number of hydrogen-bond donors (Lipinski definition) is 3. The average Bonchev–Trinajstić information content (AvgIpc) is 2.00. The third-order valence-corrected chi connectivity index (χ3v) is 1.09. The van der Waals surface area contributed by atoms with E-state index < -0.39 is 17.9 Å². The van der Waals surface area contributed by atoms with Crippen LogP contribution in [0, 0.1) is 0 Å². The van der Waals surface area contributed by atoms with Gasteiger partial charge in [0, 0.05) is 0 Å². The molecule has 0 rings (SSSR count). The largest absolute Gasteiger partial charge is 0.480 e. The molecule has 0 aliphatic rings. The van der Waals surface area contributed by atoms with Crippen molar-refractivity contribution in [1.82, 2.24) is 10.6 Å². The second kappa shape index (κ2) is 5.11. The van der Waals surface area contributed by atoms with Gasteiger partial charge in [0.2, 0.25) is 12.3 Å². The molecular formula is C6H10N2O4. The maximum absolute atomic E-state index is 10.7. The Labute approximate surface area is 68.9 Å². The lowest BCUT2D eigenvalue weighted by atomic mass is 10.3. The molecule has 0 aliphatic carbocycles. The highest BCUT2D eigenvalue weighted by Gasteiger charge is 2.12. The Kier molecular flexibility index (Phi) is 4.43. The van der Waals surface area contributed by atoms with Crippen LogP contribution in [0.4, 0.5) is 0 Å². The molecule has 3 N–H and O–H groups in total. The Morgan fingerprint density at radius 3 is 2.58 bits per heavy atom. The molecule has 12 heavy (non-hydrogen) atoms. The van der Waals surface area contributed by atoms with Gasteiger partial charge in [-0.05, 0) is 6.92 Å². The predicted octanol–water partition coefficient (Wildman–Crippen LogP) is -1.68. The number of carboxylic acid groups (broad SMARTS) is 1. The van der Waals surface area contributed by atoms with Crippen molar-refractivity contribution in [3.05, 3.63) is 0 Å². The van der Waals surface area contributed by atoms with E-state index in [1.165, 1.54) is 6.92 Å². The molecule has 0 aromatic rings. The summed E-state index contributed by atoms with van der Waals surface area (Å²) in [5.74, 6) is -1.65. The highest BCUT2D eigenvalue weighted by Crippen LogP contribution is 1.79. The molecule has 1 unspecified atom stereocenters. The number of hydrogen-bond acceptors (Lipinski definition) is 3. The van der Waals surface area contributed by atoms with E-state index in [1.807, 2.05) is 0 Å². The van der Waals surface area contributed by atoms with E-state index in [0.29, 0.717) is 6.41 Å². The summed E-state index contributed by atoms with van der Waals surface area (Å²) in [6.45, 7) is 1.13. The van der Waals surface area contributed by atoms with Crippen LogP contribution in [-0.2, 0) is 14.4 Å². The van der Waals surface area contributed by atoms with Crippen LogP contribution < -0.4 is 10.6 Å². The highest BCUT2D eigenvalue weighted by molar-refractivity contribution is 5.85. The molecule has 1 atom stereocenters. The van der Waals surface area contributed by atoms with Crippen molar-refractivity contribution < 1.29 is 19.5 Å². The molecule has 0 heterocycles. The fraction of sp³-hybridized carbons (Fsp3) is 0.500. The zero-order chi connectivity index (χ0) is 9.56. The van der Waals surface area contributed by atoms with Crippen LogP contribution in [0.2, 0.25) is 0 Å². The van der Waals surface area contributed by atoms with Gasteiger partial charge in [-0.25, -0.2) is 0 Å². The zero-order valence-electron chi connectivity index (χ0n) is 6.53. The molecule has 0 saturated heterocycles.